The third kappa shape index (κ3) is 3.21. The summed E-state index contributed by atoms with van der Waals surface area (Å²) in [5.41, 5.74) is 1.90. The highest BCUT2D eigenvalue weighted by Gasteiger charge is 2.44. The summed E-state index contributed by atoms with van der Waals surface area (Å²) in [7, 11) is 1.66. The summed E-state index contributed by atoms with van der Waals surface area (Å²) in [6.07, 6.45) is 1.96. The molecule has 0 bridgehead atoms. The summed E-state index contributed by atoms with van der Waals surface area (Å²) in [6, 6.07) is 8.38. The van der Waals surface area contributed by atoms with E-state index < -0.39 is 0 Å². The minimum absolute atomic E-state index is 0.0396. The molecule has 0 aromatic heterocycles. The van der Waals surface area contributed by atoms with Crippen molar-refractivity contribution in [2.24, 2.45) is 0 Å². The minimum atomic E-state index is -0.362. The van der Waals surface area contributed by atoms with Crippen LogP contribution in [0.15, 0.2) is 24.3 Å². The second-order valence-corrected chi connectivity index (χ2v) is 7.04. The van der Waals surface area contributed by atoms with Crippen molar-refractivity contribution in [3.05, 3.63) is 35.4 Å². The number of amides is 2. The number of rotatable bonds is 3. The molecule has 1 heterocycles. The summed E-state index contributed by atoms with van der Waals surface area (Å²) >= 11 is 0. The smallest absolute Gasteiger partial charge is 0.317 e. The van der Waals surface area contributed by atoms with Crippen molar-refractivity contribution in [1.82, 2.24) is 10.2 Å². The van der Waals surface area contributed by atoms with Gasteiger partial charge in [-0.05, 0) is 37.8 Å². The van der Waals surface area contributed by atoms with Crippen LogP contribution in [0.4, 0.5) is 4.79 Å². The molecule has 1 unspecified atom stereocenters. The Bertz CT molecular complexity index is 583. The van der Waals surface area contributed by atoms with E-state index in [1.165, 1.54) is 11.1 Å². The van der Waals surface area contributed by atoms with Crippen LogP contribution >= 0.6 is 0 Å². The number of fused-ring (bicyclic) bond motifs is 2. The van der Waals surface area contributed by atoms with Gasteiger partial charge < -0.3 is 19.7 Å². The van der Waals surface area contributed by atoms with Crippen molar-refractivity contribution >= 4 is 6.03 Å². The Morgan fingerprint density at radius 2 is 2.22 bits per heavy atom. The van der Waals surface area contributed by atoms with Crippen molar-refractivity contribution in [3.63, 3.8) is 0 Å². The number of ether oxygens (including phenoxy) is 2. The number of carbonyl (C=O) groups excluding carboxylic acids is 1. The highest BCUT2D eigenvalue weighted by atomic mass is 16.5. The predicted octanol–water partition coefficient (Wildman–Crippen LogP) is 2.29. The molecule has 5 nitrogen and oxygen atoms in total. The summed E-state index contributed by atoms with van der Waals surface area (Å²) in [5, 5.41) is 2.98. The number of hydrogen-bond donors (Lipinski definition) is 1. The van der Waals surface area contributed by atoms with Gasteiger partial charge in [-0.25, -0.2) is 4.79 Å². The third-order valence-corrected chi connectivity index (χ3v) is 5.00. The standard InChI is InChI=1S/C18H26N2O3/c1-17(2,22-3)12-19-16(21)20-10-11-23-18(13-20)9-8-14-6-4-5-7-15(14)18/h4-7H,8-13H2,1-3H3,(H,19,21). The number of morpholine rings is 1. The van der Waals surface area contributed by atoms with Crippen molar-refractivity contribution in [2.45, 2.75) is 37.9 Å². The largest absolute Gasteiger partial charge is 0.377 e. The fourth-order valence-electron chi connectivity index (χ4n) is 3.40. The van der Waals surface area contributed by atoms with E-state index in [2.05, 4.69) is 29.6 Å². The number of nitrogens with one attached hydrogen (secondary N) is 1. The molecule has 3 rings (SSSR count). The summed E-state index contributed by atoms with van der Waals surface area (Å²) in [5.74, 6) is 0. The van der Waals surface area contributed by atoms with Gasteiger partial charge >= 0.3 is 6.03 Å². The van der Waals surface area contributed by atoms with Crippen LogP contribution in [0.1, 0.15) is 31.4 Å². The molecule has 1 aliphatic carbocycles. The van der Waals surface area contributed by atoms with E-state index >= 15 is 0 Å². The number of urea groups is 1. The van der Waals surface area contributed by atoms with E-state index in [0.717, 1.165) is 12.8 Å². The molecule has 1 N–H and O–H groups in total. The minimum Gasteiger partial charge on any atom is -0.377 e. The van der Waals surface area contributed by atoms with Gasteiger partial charge in [0.25, 0.3) is 0 Å². The Kier molecular flexibility index (Phi) is 4.34. The van der Waals surface area contributed by atoms with Gasteiger partial charge in [-0.3, -0.25) is 0 Å². The van der Waals surface area contributed by atoms with Gasteiger partial charge in [0.2, 0.25) is 0 Å². The Morgan fingerprint density at radius 3 is 3.00 bits per heavy atom. The van der Waals surface area contributed by atoms with Gasteiger partial charge in [-0.1, -0.05) is 24.3 Å². The maximum absolute atomic E-state index is 12.5. The predicted molar refractivity (Wildman–Crippen MR) is 88.5 cm³/mol. The Hall–Kier alpha value is -1.59. The lowest BCUT2D eigenvalue weighted by Crippen LogP contribution is -2.55. The molecule has 2 amide bonds. The van der Waals surface area contributed by atoms with E-state index in [4.69, 9.17) is 9.47 Å². The lowest BCUT2D eigenvalue weighted by molar-refractivity contribution is -0.102. The zero-order valence-electron chi connectivity index (χ0n) is 14.2. The fraction of sp³-hybridized carbons (Fsp3) is 0.611. The molecule has 0 radical (unpaired) electrons. The fourth-order valence-corrected chi connectivity index (χ4v) is 3.40. The van der Waals surface area contributed by atoms with Gasteiger partial charge in [0.15, 0.2) is 0 Å². The molecule has 5 heteroatoms. The van der Waals surface area contributed by atoms with Crippen molar-refractivity contribution in [2.75, 3.05) is 33.4 Å². The molecule has 1 atom stereocenters. The van der Waals surface area contributed by atoms with Gasteiger partial charge in [-0.2, -0.15) is 0 Å². The van der Waals surface area contributed by atoms with Crippen LogP contribution in [-0.4, -0.2) is 49.9 Å². The maximum atomic E-state index is 12.5. The molecule has 2 aliphatic rings. The first-order chi connectivity index (χ1) is 11.0. The van der Waals surface area contributed by atoms with E-state index in [0.29, 0.717) is 26.2 Å². The monoisotopic (exact) mass is 318 g/mol. The van der Waals surface area contributed by atoms with Crippen LogP contribution in [-0.2, 0) is 21.5 Å². The molecule has 1 spiro atoms. The summed E-state index contributed by atoms with van der Waals surface area (Å²) < 4.78 is 11.5. The van der Waals surface area contributed by atoms with E-state index in [1.807, 2.05) is 18.7 Å². The number of benzene rings is 1. The highest BCUT2D eigenvalue weighted by Crippen LogP contribution is 2.42. The van der Waals surface area contributed by atoms with Crippen LogP contribution < -0.4 is 5.32 Å². The Labute approximate surface area is 137 Å². The first-order valence-corrected chi connectivity index (χ1v) is 8.26. The lowest BCUT2D eigenvalue weighted by Gasteiger charge is -2.41. The highest BCUT2D eigenvalue weighted by molar-refractivity contribution is 5.74. The van der Waals surface area contributed by atoms with E-state index in [-0.39, 0.29) is 17.2 Å². The molecule has 23 heavy (non-hydrogen) atoms. The van der Waals surface area contributed by atoms with Crippen molar-refractivity contribution in [3.8, 4) is 0 Å². The third-order valence-electron chi connectivity index (χ3n) is 5.00. The maximum Gasteiger partial charge on any atom is 0.317 e. The molecule has 126 valence electrons. The van der Waals surface area contributed by atoms with Crippen LogP contribution in [0.25, 0.3) is 0 Å². The van der Waals surface area contributed by atoms with E-state index in [1.54, 1.807) is 7.11 Å². The molecule has 1 aliphatic heterocycles. The number of carbonyl (C=O) groups is 1. The Balaban J connectivity index is 1.69. The summed E-state index contributed by atoms with van der Waals surface area (Å²) in [6.45, 7) is 6.23. The van der Waals surface area contributed by atoms with Crippen molar-refractivity contribution in [1.29, 1.82) is 0 Å². The zero-order valence-corrected chi connectivity index (χ0v) is 14.2. The first-order valence-electron chi connectivity index (χ1n) is 8.26. The quantitative estimate of drug-likeness (QED) is 0.930. The molecule has 1 aromatic carbocycles. The lowest BCUT2D eigenvalue weighted by atomic mass is 9.94. The zero-order chi connectivity index (χ0) is 16.5. The average molecular weight is 318 g/mol. The van der Waals surface area contributed by atoms with Gasteiger partial charge in [-0.15, -0.1) is 0 Å². The summed E-state index contributed by atoms with van der Waals surface area (Å²) in [4.78, 5) is 14.4. The van der Waals surface area contributed by atoms with Crippen LogP contribution in [0.5, 0.6) is 0 Å². The number of nitrogens with zero attached hydrogens (tertiary/aromatic N) is 1. The molecule has 0 saturated carbocycles. The second kappa shape index (κ2) is 6.13. The molecule has 1 saturated heterocycles. The second-order valence-electron chi connectivity index (χ2n) is 7.04. The average Bonchev–Trinajstić information content (AvgIpc) is 2.91. The first kappa shape index (κ1) is 16.3. The van der Waals surface area contributed by atoms with E-state index in [9.17, 15) is 4.79 Å². The molecular formula is C18H26N2O3. The number of aryl methyl sites for hydroxylation is 1. The topological polar surface area (TPSA) is 50.8 Å². The molecular weight excluding hydrogens is 292 g/mol. The van der Waals surface area contributed by atoms with Gasteiger partial charge in [0.1, 0.15) is 5.60 Å². The molecule has 1 fully saturated rings. The Morgan fingerprint density at radius 1 is 1.43 bits per heavy atom. The van der Waals surface area contributed by atoms with Crippen LogP contribution in [0.3, 0.4) is 0 Å². The van der Waals surface area contributed by atoms with Gasteiger partial charge in [0.05, 0.1) is 18.8 Å². The van der Waals surface area contributed by atoms with Gasteiger partial charge in [0, 0.05) is 20.2 Å². The normalized spacial score (nSPS) is 23.9. The number of hydrogen-bond acceptors (Lipinski definition) is 3. The van der Waals surface area contributed by atoms with Crippen LogP contribution in [0.2, 0.25) is 0 Å². The molecule has 1 aromatic rings. The van der Waals surface area contributed by atoms with Crippen LogP contribution in [0, 0.1) is 0 Å². The number of methoxy groups -OCH3 is 1. The van der Waals surface area contributed by atoms with Crippen molar-refractivity contribution < 1.29 is 14.3 Å². The SMILES string of the molecule is COC(C)(C)CNC(=O)N1CCOC2(CCc3ccccc32)C1.